The number of hydrogen-bond acceptors (Lipinski definition) is 1. The van der Waals surface area contributed by atoms with E-state index in [0.29, 0.717) is 5.75 Å². The third-order valence-electron chi connectivity index (χ3n) is 3.74. The molecular weight excluding hydrogens is 232 g/mol. The minimum atomic E-state index is 0.346. The molecule has 0 atom stereocenters. The predicted molar refractivity (Wildman–Crippen MR) is 80.6 cm³/mol. The van der Waals surface area contributed by atoms with Crippen LogP contribution in [0.1, 0.15) is 0 Å². The summed E-state index contributed by atoms with van der Waals surface area (Å²) in [4.78, 5) is 0. The molecule has 0 aromatic heterocycles. The van der Waals surface area contributed by atoms with Crippen LogP contribution in [-0.4, -0.2) is 5.11 Å². The molecule has 0 amide bonds. The van der Waals surface area contributed by atoms with Crippen LogP contribution in [0.15, 0.2) is 66.7 Å². The quantitative estimate of drug-likeness (QED) is 0.438. The van der Waals surface area contributed by atoms with Crippen molar-refractivity contribution in [3.63, 3.8) is 0 Å². The second kappa shape index (κ2) is 3.72. The van der Waals surface area contributed by atoms with E-state index in [0.717, 1.165) is 16.2 Å². The Labute approximate surface area is 110 Å². The van der Waals surface area contributed by atoms with Gasteiger partial charge in [-0.3, -0.25) is 0 Å². The summed E-state index contributed by atoms with van der Waals surface area (Å²) in [6.07, 6.45) is 0. The molecule has 0 radical (unpaired) electrons. The van der Waals surface area contributed by atoms with Crippen molar-refractivity contribution in [3.8, 4) is 5.75 Å². The molecule has 0 unspecified atom stereocenters. The summed E-state index contributed by atoms with van der Waals surface area (Å²) in [6.45, 7) is 0. The SMILES string of the molecule is Oc1cccc2ccc3c4ccccc4ccc3c12. The Kier molecular flexibility index (Phi) is 2.04. The first-order chi connectivity index (χ1) is 9.34. The van der Waals surface area contributed by atoms with Crippen molar-refractivity contribution in [2.75, 3.05) is 0 Å². The monoisotopic (exact) mass is 244 g/mol. The fourth-order valence-electron chi connectivity index (χ4n) is 2.86. The highest BCUT2D eigenvalue weighted by molar-refractivity contribution is 6.18. The van der Waals surface area contributed by atoms with Crippen LogP contribution in [-0.2, 0) is 0 Å². The second-order valence-electron chi connectivity index (χ2n) is 4.82. The number of hydrogen-bond donors (Lipinski definition) is 1. The summed E-state index contributed by atoms with van der Waals surface area (Å²) >= 11 is 0. The lowest BCUT2D eigenvalue weighted by molar-refractivity contribution is 0.482. The Morgan fingerprint density at radius 2 is 1.26 bits per heavy atom. The van der Waals surface area contributed by atoms with Crippen LogP contribution in [0, 0.1) is 0 Å². The molecule has 1 heteroatoms. The maximum atomic E-state index is 10.1. The lowest BCUT2D eigenvalue weighted by Crippen LogP contribution is -1.81. The molecule has 0 bridgehead atoms. The normalized spacial score (nSPS) is 11.4. The van der Waals surface area contributed by atoms with E-state index in [2.05, 4.69) is 42.5 Å². The number of phenolic OH excluding ortho intramolecular Hbond substituents is 1. The Bertz CT molecular complexity index is 922. The van der Waals surface area contributed by atoms with Gasteiger partial charge in [0.25, 0.3) is 0 Å². The zero-order valence-electron chi connectivity index (χ0n) is 10.3. The molecular formula is C18H12O. The molecule has 90 valence electrons. The van der Waals surface area contributed by atoms with E-state index >= 15 is 0 Å². The first-order valence-corrected chi connectivity index (χ1v) is 6.37. The highest BCUT2D eigenvalue weighted by Crippen LogP contribution is 2.35. The van der Waals surface area contributed by atoms with Gasteiger partial charge in [-0.15, -0.1) is 0 Å². The van der Waals surface area contributed by atoms with Crippen LogP contribution in [0.4, 0.5) is 0 Å². The fraction of sp³-hybridized carbons (Fsp3) is 0. The number of aromatic hydroxyl groups is 1. The van der Waals surface area contributed by atoms with Gasteiger partial charge in [0.15, 0.2) is 0 Å². The molecule has 4 rings (SSSR count). The molecule has 19 heavy (non-hydrogen) atoms. The Balaban J connectivity index is 2.32. The Hall–Kier alpha value is -2.54. The van der Waals surface area contributed by atoms with Gasteiger partial charge < -0.3 is 5.11 Å². The van der Waals surface area contributed by atoms with Gasteiger partial charge in [0, 0.05) is 5.39 Å². The van der Waals surface area contributed by atoms with Gasteiger partial charge in [0.1, 0.15) is 5.75 Å². The van der Waals surface area contributed by atoms with E-state index < -0.39 is 0 Å². The van der Waals surface area contributed by atoms with Crippen molar-refractivity contribution in [1.82, 2.24) is 0 Å². The minimum absolute atomic E-state index is 0.346. The molecule has 0 aliphatic rings. The average Bonchev–Trinajstić information content (AvgIpc) is 2.46. The summed E-state index contributed by atoms with van der Waals surface area (Å²) in [7, 11) is 0. The molecule has 0 spiro atoms. The second-order valence-corrected chi connectivity index (χ2v) is 4.82. The highest BCUT2D eigenvalue weighted by Gasteiger charge is 2.06. The van der Waals surface area contributed by atoms with Gasteiger partial charge in [0.2, 0.25) is 0 Å². The molecule has 0 saturated carbocycles. The zero-order chi connectivity index (χ0) is 12.8. The predicted octanol–water partition coefficient (Wildman–Crippen LogP) is 4.85. The Morgan fingerprint density at radius 1 is 0.526 bits per heavy atom. The summed E-state index contributed by atoms with van der Waals surface area (Å²) in [5, 5.41) is 16.9. The van der Waals surface area contributed by atoms with Gasteiger partial charge in [-0.2, -0.15) is 0 Å². The molecule has 4 aromatic rings. The van der Waals surface area contributed by atoms with Crippen molar-refractivity contribution < 1.29 is 5.11 Å². The summed E-state index contributed by atoms with van der Waals surface area (Å²) in [5.74, 6) is 0.346. The van der Waals surface area contributed by atoms with E-state index in [1.807, 2.05) is 18.2 Å². The summed E-state index contributed by atoms with van der Waals surface area (Å²) < 4.78 is 0. The van der Waals surface area contributed by atoms with Crippen molar-refractivity contribution >= 4 is 32.3 Å². The maximum Gasteiger partial charge on any atom is 0.124 e. The third-order valence-corrected chi connectivity index (χ3v) is 3.74. The van der Waals surface area contributed by atoms with Crippen LogP contribution >= 0.6 is 0 Å². The standard InChI is InChI=1S/C18H12O/c19-17-7-3-5-13-9-10-15-14-6-2-1-4-12(14)8-11-16(15)18(13)17/h1-11,19H. The molecule has 4 aromatic carbocycles. The molecule has 0 aliphatic carbocycles. The first kappa shape index (κ1) is 10.4. The van der Waals surface area contributed by atoms with E-state index in [-0.39, 0.29) is 0 Å². The third kappa shape index (κ3) is 1.42. The van der Waals surface area contributed by atoms with Gasteiger partial charge in [-0.1, -0.05) is 60.7 Å². The number of fused-ring (bicyclic) bond motifs is 5. The van der Waals surface area contributed by atoms with Gasteiger partial charge >= 0.3 is 0 Å². The first-order valence-electron chi connectivity index (χ1n) is 6.37. The van der Waals surface area contributed by atoms with Crippen molar-refractivity contribution in [1.29, 1.82) is 0 Å². The molecule has 0 heterocycles. The summed E-state index contributed by atoms with van der Waals surface area (Å²) in [6, 6.07) is 22.4. The number of benzene rings is 4. The highest BCUT2D eigenvalue weighted by atomic mass is 16.3. The lowest BCUT2D eigenvalue weighted by Gasteiger charge is -2.08. The number of phenols is 1. The maximum absolute atomic E-state index is 10.1. The molecule has 1 nitrogen and oxygen atoms in total. The van der Waals surface area contributed by atoms with Crippen LogP contribution in [0.2, 0.25) is 0 Å². The van der Waals surface area contributed by atoms with Crippen LogP contribution in [0.5, 0.6) is 5.75 Å². The van der Waals surface area contributed by atoms with Gasteiger partial charge in [0.05, 0.1) is 0 Å². The van der Waals surface area contributed by atoms with Crippen molar-refractivity contribution in [2.24, 2.45) is 0 Å². The largest absolute Gasteiger partial charge is 0.507 e. The fourth-order valence-corrected chi connectivity index (χ4v) is 2.86. The van der Waals surface area contributed by atoms with Crippen LogP contribution in [0.25, 0.3) is 32.3 Å². The van der Waals surface area contributed by atoms with Crippen molar-refractivity contribution in [3.05, 3.63) is 66.7 Å². The minimum Gasteiger partial charge on any atom is -0.507 e. The number of rotatable bonds is 0. The van der Waals surface area contributed by atoms with Crippen LogP contribution < -0.4 is 0 Å². The van der Waals surface area contributed by atoms with E-state index in [4.69, 9.17) is 0 Å². The molecule has 0 fully saturated rings. The smallest absolute Gasteiger partial charge is 0.124 e. The topological polar surface area (TPSA) is 20.2 Å². The Morgan fingerprint density at radius 3 is 2.21 bits per heavy atom. The van der Waals surface area contributed by atoms with Gasteiger partial charge in [-0.25, -0.2) is 0 Å². The molecule has 0 aliphatic heterocycles. The average molecular weight is 244 g/mol. The summed E-state index contributed by atoms with van der Waals surface area (Å²) in [5.41, 5.74) is 0. The zero-order valence-corrected chi connectivity index (χ0v) is 10.3. The molecule has 1 N–H and O–H groups in total. The lowest BCUT2D eigenvalue weighted by atomic mass is 9.97. The van der Waals surface area contributed by atoms with Gasteiger partial charge in [-0.05, 0) is 33.0 Å². The molecule has 0 saturated heterocycles. The van der Waals surface area contributed by atoms with E-state index in [9.17, 15) is 5.11 Å². The van der Waals surface area contributed by atoms with Crippen molar-refractivity contribution in [2.45, 2.75) is 0 Å². The van der Waals surface area contributed by atoms with Crippen LogP contribution in [0.3, 0.4) is 0 Å². The van der Waals surface area contributed by atoms with E-state index in [1.54, 1.807) is 6.07 Å². The van der Waals surface area contributed by atoms with E-state index in [1.165, 1.54) is 16.2 Å².